The summed E-state index contributed by atoms with van der Waals surface area (Å²) in [5.74, 6) is -0.737. The Kier molecular flexibility index (Phi) is 2.48. The first-order valence-corrected chi connectivity index (χ1v) is 4.64. The maximum absolute atomic E-state index is 11.5. The zero-order chi connectivity index (χ0) is 10.1. The first kappa shape index (κ1) is 9.55. The second-order valence-electron chi connectivity index (χ2n) is 3.53. The van der Waals surface area contributed by atoms with Crippen molar-refractivity contribution in [3.63, 3.8) is 0 Å². The summed E-state index contributed by atoms with van der Waals surface area (Å²) in [6, 6.07) is 0. The lowest BCUT2D eigenvalue weighted by Crippen LogP contribution is -2.46. The molecule has 3 atom stereocenters. The molecule has 0 amide bonds. The minimum Gasteiger partial charge on any atom is -0.355 e. The van der Waals surface area contributed by atoms with Gasteiger partial charge in [-0.3, -0.25) is 9.59 Å². The first-order chi connectivity index (χ1) is 6.74. The van der Waals surface area contributed by atoms with Crippen molar-refractivity contribution in [3.05, 3.63) is 12.2 Å². The van der Waals surface area contributed by atoms with Crippen molar-refractivity contribution < 1.29 is 19.1 Å². The summed E-state index contributed by atoms with van der Waals surface area (Å²) in [5.41, 5.74) is 0. The fourth-order valence-electron chi connectivity index (χ4n) is 2.05. The molecule has 0 N–H and O–H groups in total. The number of allylic oxidation sites excluding steroid dienone is 2. The van der Waals surface area contributed by atoms with Gasteiger partial charge in [-0.05, 0) is 18.6 Å². The zero-order valence-corrected chi connectivity index (χ0v) is 7.93. The van der Waals surface area contributed by atoms with E-state index in [4.69, 9.17) is 9.47 Å². The molecule has 1 saturated heterocycles. The zero-order valence-electron chi connectivity index (χ0n) is 7.93. The monoisotopic (exact) mass is 196 g/mol. The minimum absolute atomic E-state index is 0.0138. The highest BCUT2D eigenvalue weighted by molar-refractivity contribution is 6.07. The highest BCUT2D eigenvalue weighted by Crippen LogP contribution is 2.32. The molecule has 14 heavy (non-hydrogen) atoms. The largest absolute Gasteiger partial charge is 0.355 e. The third-order valence-corrected chi connectivity index (χ3v) is 2.78. The van der Waals surface area contributed by atoms with Gasteiger partial charge < -0.3 is 9.47 Å². The van der Waals surface area contributed by atoms with Crippen LogP contribution in [-0.4, -0.2) is 31.6 Å². The second kappa shape index (κ2) is 3.63. The molecule has 3 unspecified atom stereocenters. The smallest absolute Gasteiger partial charge is 0.167 e. The number of hydrogen-bond acceptors (Lipinski definition) is 4. The Labute approximate surface area is 81.9 Å². The van der Waals surface area contributed by atoms with Gasteiger partial charge in [0.1, 0.15) is 0 Å². The maximum atomic E-state index is 11.5. The molecule has 0 aromatic heterocycles. The molecule has 1 fully saturated rings. The number of ether oxygens (including phenoxy) is 2. The number of ketones is 2. The summed E-state index contributed by atoms with van der Waals surface area (Å²) < 4.78 is 10.3. The normalized spacial score (nSPS) is 37.1. The molecule has 1 aliphatic heterocycles. The van der Waals surface area contributed by atoms with E-state index in [1.54, 1.807) is 0 Å². The van der Waals surface area contributed by atoms with Crippen LogP contribution in [0.15, 0.2) is 12.2 Å². The number of rotatable bonds is 1. The van der Waals surface area contributed by atoms with Crippen molar-refractivity contribution in [1.82, 2.24) is 0 Å². The van der Waals surface area contributed by atoms with Gasteiger partial charge in [0.2, 0.25) is 0 Å². The summed E-state index contributed by atoms with van der Waals surface area (Å²) >= 11 is 0. The van der Waals surface area contributed by atoms with Crippen LogP contribution < -0.4 is 0 Å². The van der Waals surface area contributed by atoms with Crippen LogP contribution in [0.3, 0.4) is 0 Å². The first-order valence-electron chi connectivity index (χ1n) is 4.64. The van der Waals surface area contributed by atoms with Gasteiger partial charge in [0, 0.05) is 13.0 Å². The number of carbonyl (C=O) groups excluding carboxylic acids is 2. The van der Waals surface area contributed by atoms with Crippen LogP contribution in [-0.2, 0) is 19.1 Å². The van der Waals surface area contributed by atoms with E-state index in [0.29, 0.717) is 13.0 Å². The van der Waals surface area contributed by atoms with Crippen molar-refractivity contribution in [3.8, 4) is 0 Å². The Balaban J connectivity index is 2.28. The summed E-state index contributed by atoms with van der Waals surface area (Å²) in [6.45, 7) is 0.479. The molecule has 4 nitrogen and oxygen atoms in total. The molecule has 4 heteroatoms. The van der Waals surface area contributed by atoms with Gasteiger partial charge in [-0.2, -0.15) is 0 Å². The third-order valence-electron chi connectivity index (χ3n) is 2.78. The van der Waals surface area contributed by atoms with Crippen LogP contribution in [0.1, 0.15) is 6.42 Å². The Morgan fingerprint density at radius 3 is 2.79 bits per heavy atom. The number of hydrogen-bond donors (Lipinski definition) is 0. The fraction of sp³-hybridized carbons (Fsp3) is 0.600. The second-order valence-corrected chi connectivity index (χ2v) is 3.53. The van der Waals surface area contributed by atoms with Gasteiger partial charge in [-0.25, -0.2) is 0 Å². The molecule has 1 heterocycles. The highest BCUT2D eigenvalue weighted by Gasteiger charge is 2.43. The van der Waals surface area contributed by atoms with Crippen LogP contribution in [0.4, 0.5) is 0 Å². The Bertz CT molecular complexity index is 294. The molecule has 0 aromatic rings. The van der Waals surface area contributed by atoms with Crippen LogP contribution in [0, 0.1) is 11.8 Å². The third kappa shape index (κ3) is 1.40. The average Bonchev–Trinajstić information content (AvgIpc) is 2.23. The predicted octanol–water partition coefficient (Wildman–Crippen LogP) is 0.320. The van der Waals surface area contributed by atoms with E-state index in [2.05, 4.69) is 0 Å². The average molecular weight is 196 g/mol. The van der Waals surface area contributed by atoms with E-state index in [9.17, 15) is 9.59 Å². The van der Waals surface area contributed by atoms with E-state index in [0.717, 1.165) is 0 Å². The fourth-order valence-corrected chi connectivity index (χ4v) is 2.05. The SMILES string of the molecule is COC1OCCC2C(=O)C=CC(=O)C12. The van der Waals surface area contributed by atoms with E-state index < -0.39 is 12.2 Å². The lowest BCUT2D eigenvalue weighted by atomic mass is 9.77. The Hall–Kier alpha value is -1.00. The minimum atomic E-state index is -0.560. The van der Waals surface area contributed by atoms with E-state index in [1.165, 1.54) is 19.3 Å². The Morgan fingerprint density at radius 2 is 2.07 bits per heavy atom. The molecule has 0 radical (unpaired) electrons. The van der Waals surface area contributed by atoms with Crippen LogP contribution in [0.5, 0.6) is 0 Å². The summed E-state index contributed by atoms with van der Waals surface area (Å²) in [5, 5.41) is 0. The Morgan fingerprint density at radius 1 is 1.36 bits per heavy atom. The van der Waals surface area contributed by atoms with Crippen molar-refractivity contribution in [2.24, 2.45) is 11.8 Å². The number of fused-ring (bicyclic) bond motifs is 1. The molecule has 1 aliphatic carbocycles. The summed E-state index contributed by atoms with van der Waals surface area (Å²) in [7, 11) is 1.49. The van der Waals surface area contributed by atoms with Crippen molar-refractivity contribution in [2.75, 3.05) is 13.7 Å². The van der Waals surface area contributed by atoms with Crippen LogP contribution in [0.2, 0.25) is 0 Å². The van der Waals surface area contributed by atoms with Gasteiger partial charge >= 0.3 is 0 Å². The lowest BCUT2D eigenvalue weighted by Gasteiger charge is -2.35. The molecule has 0 aromatic carbocycles. The maximum Gasteiger partial charge on any atom is 0.167 e. The predicted molar refractivity (Wildman–Crippen MR) is 47.5 cm³/mol. The summed E-state index contributed by atoms with van der Waals surface area (Å²) in [4.78, 5) is 23.0. The van der Waals surface area contributed by atoms with Crippen LogP contribution >= 0.6 is 0 Å². The van der Waals surface area contributed by atoms with Crippen molar-refractivity contribution in [1.29, 1.82) is 0 Å². The standard InChI is InChI=1S/C10H12O4/c1-13-10-9-6(4-5-14-10)7(11)2-3-8(9)12/h2-3,6,9-10H,4-5H2,1H3. The van der Waals surface area contributed by atoms with Gasteiger partial charge in [0.05, 0.1) is 12.5 Å². The molecule has 76 valence electrons. The van der Waals surface area contributed by atoms with Crippen LogP contribution in [0.25, 0.3) is 0 Å². The van der Waals surface area contributed by atoms with E-state index in [-0.39, 0.29) is 17.5 Å². The number of carbonyl (C=O) groups is 2. The molecule has 0 saturated carbocycles. The van der Waals surface area contributed by atoms with Crippen molar-refractivity contribution in [2.45, 2.75) is 12.7 Å². The molecule has 2 rings (SSSR count). The quantitative estimate of drug-likeness (QED) is 0.606. The van der Waals surface area contributed by atoms with Gasteiger partial charge in [0.15, 0.2) is 17.9 Å². The molecular weight excluding hydrogens is 184 g/mol. The van der Waals surface area contributed by atoms with Gasteiger partial charge in [-0.15, -0.1) is 0 Å². The van der Waals surface area contributed by atoms with Crippen molar-refractivity contribution >= 4 is 11.6 Å². The number of methoxy groups -OCH3 is 1. The molecule has 0 bridgehead atoms. The van der Waals surface area contributed by atoms with E-state index >= 15 is 0 Å². The highest BCUT2D eigenvalue weighted by atomic mass is 16.7. The van der Waals surface area contributed by atoms with Gasteiger partial charge in [-0.1, -0.05) is 0 Å². The lowest BCUT2D eigenvalue weighted by molar-refractivity contribution is -0.195. The molecule has 2 aliphatic rings. The van der Waals surface area contributed by atoms with E-state index in [1.807, 2.05) is 0 Å². The summed E-state index contributed by atoms with van der Waals surface area (Å²) in [6.07, 6.45) is 2.74. The topological polar surface area (TPSA) is 52.6 Å². The molecule has 0 spiro atoms. The van der Waals surface area contributed by atoms with Gasteiger partial charge in [0.25, 0.3) is 0 Å². The molecular formula is C10H12O4.